The van der Waals surface area contributed by atoms with Crippen LogP contribution in [0.5, 0.6) is 5.75 Å². The van der Waals surface area contributed by atoms with Crippen LogP contribution in [0.25, 0.3) is 11.3 Å². The van der Waals surface area contributed by atoms with E-state index in [-0.39, 0.29) is 0 Å². The number of benzene rings is 1. The van der Waals surface area contributed by atoms with Gasteiger partial charge in [-0.3, -0.25) is 0 Å². The van der Waals surface area contributed by atoms with Gasteiger partial charge in [-0.15, -0.1) is 5.10 Å². The molecule has 6 heteroatoms. The lowest BCUT2D eigenvalue weighted by atomic mass is 10.1. The van der Waals surface area contributed by atoms with Gasteiger partial charge in [0.25, 0.3) is 0 Å². The van der Waals surface area contributed by atoms with Crippen molar-refractivity contribution >= 4 is 0 Å². The summed E-state index contributed by atoms with van der Waals surface area (Å²) in [5, 5.41) is 17.5. The second-order valence-electron chi connectivity index (χ2n) is 5.37. The molecule has 0 saturated carbocycles. The molecule has 1 fully saturated rings. The molecule has 0 radical (unpaired) electrons. The first-order valence-electron chi connectivity index (χ1n) is 7.53. The highest BCUT2D eigenvalue weighted by molar-refractivity contribution is 5.71. The SMILES string of the molecule is COc1ccccc1-c1c(C#N)nnn1CCN1CCCC1. The van der Waals surface area contributed by atoms with E-state index < -0.39 is 0 Å². The normalized spacial score (nSPS) is 14.9. The molecule has 1 aromatic carbocycles. The number of nitrogens with zero attached hydrogens (tertiary/aromatic N) is 5. The first-order valence-corrected chi connectivity index (χ1v) is 7.53. The number of rotatable bonds is 5. The van der Waals surface area contributed by atoms with Gasteiger partial charge in [0.15, 0.2) is 5.69 Å². The molecule has 0 N–H and O–H groups in total. The van der Waals surface area contributed by atoms with Crippen LogP contribution in [-0.2, 0) is 6.54 Å². The van der Waals surface area contributed by atoms with Gasteiger partial charge in [-0.2, -0.15) is 5.26 Å². The lowest BCUT2D eigenvalue weighted by Crippen LogP contribution is -2.24. The molecule has 0 spiro atoms. The number of hydrogen-bond donors (Lipinski definition) is 0. The Morgan fingerprint density at radius 3 is 2.73 bits per heavy atom. The Kier molecular flexibility index (Phi) is 4.35. The molecule has 22 heavy (non-hydrogen) atoms. The van der Waals surface area contributed by atoms with Gasteiger partial charge < -0.3 is 9.64 Å². The van der Waals surface area contributed by atoms with E-state index in [0.717, 1.165) is 43.2 Å². The number of aromatic nitrogens is 3. The number of likely N-dealkylation sites (tertiary alicyclic amines) is 1. The molecule has 0 aliphatic carbocycles. The van der Waals surface area contributed by atoms with Crippen LogP contribution in [-0.4, -0.2) is 46.6 Å². The van der Waals surface area contributed by atoms with E-state index in [1.165, 1.54) is 12.8 Å². The summed E-state index contributed by atoms with van der Waals surface area (Å²) in [5.74, 6) is 0.726. The van der Waals surface area contributed by atoms with Crippen molar-refractivity contribution in [2.24, 2.45) is 0 Å². The van der Waals surface area contributed by atoms with Crippen molar-refractivity contribution in [3.05, 3.63) is 30.0 Å². The third-order valence-corrected chi connectivity index (χ3v) is 4.03. The Bertz CT molecular complexity index is 682. The zero-order chi connectivity index (χ0) is 15.4. The van der Waals surface area contributed by atoms with Crippen LogP contribution in [0.15, 0.2) is 24.3 Å². The minimum Gasteiger partial charge on any atom is -0.496 e. The van der Waals surface area contributed by atoms with Crippen molar-refractivity contribution < 1.29 is 4.74 Å². The molecule has 0 atom stereocenters. The molecule has 0 bridgehead atoms. The highest BCUT2D eigenvalue weighted by atomic mass is 16.5. The number of nitriles is 1. The molecular weight excluding hydrogens is 278 g/mol. The van der Waals surface area contributed by atoms with Crippen molar-refractivity contribution in [2.45, 2.75) is 19.4 Å². The molecule has 1 aliphatic heterocycles. The van der Waals surface area contributed by atoms with Crippen LogP contribution >= 0.6 is 0 Å². The third-order valence-electron chi connectivity index (χ3n) is 4.03. The van der Waals surface area contributed by atoms with Crippen LogP contribution in [0.4, 0.5) is 0 Å². The molecule has 0 amide bonds. The van der Waals surface area contributed by atoms with E-state index in [4.69, 9.17) is 4.74 Å². The Morgan fingerprint density at radius 1 is 1.23 bits per heavy atom. The number of hydrogen-bond acceptors (Lipinski definition) is 5. The Morgan fingerprint density at radius 2 is 2.00 bits per heavy atom. The monoisotopic (exact) mass is 297 g/mol. The summed E-state index contributed by atoms with van der Waals surface area (Å²) in [6, 6.07) is 9.79. The summed E-state index contributed by atoms with van der Waals surface area (Å²) < 4.78 is 7.23. The average molecular weight is 297 g/mol. The Hall–Kier alpha value is -2.39. The lowest BCUT2D eigenvalue weighted by Gasteiger charge is -2.15. The molecule has 1 aromatic heterocycles. The quantitative estimate of drug-likeness (QED) is 0.843. The smallest absolute Gasteiger partial charge is 0.190 e. The first-order chi connectivity index (χ1) is 10.8. The largest absolute Gasteiger partial charge is 0.496 e. The summed E-state index contributed by atoms with van der Waals surface area (Å²) in [5.41, 5.74) is 1.93. The predicted octanol–water partition coefficient (Wildman–Crippen LogP) is 1.92. The zero-order valence-corrected chi connectivity index (χ0v) is 12.7. The Balaban J connectivity index is 1.91. The number of methoxy groups -OCH3 is 1. The highest BCUT2D eigenvalue weighted by Crippen LogP contribution is 2.31. The van der Waals surface area contributed by atoms with Crippen LogP contribution < -0.4 is 4.74 Å². The topological polar surface area (TPSA) is 67.0 Å². The van der Waals surface area contributed by atoms with Crippen molar-refractivity contribution in [1.82, 2.24) is 19.9 Å². The van der Waals surface area contributed by atoms with E-state index in [1.807, 2.05) is 28.9 Å². The minimum atomic E-state index is 0.339. The van der Waals surface area contributed by atoms with Gasteiger partial charge in [-0.25, -0.2) is 4.68 Å². The zero-order valence-electron chi connectivity index (χ0n) is 12.7. The van der Waals surface area contributed by atoms with Gasteiger partial charge >= 0.3 is 0 Å². The average Bonchev–Trinajstić information content (AvgIpc) is 3.21. The molecule has 2 heterocycles. The van der Waals surface area contributed by atoms with Crippen LogP contribution in [0.1, 0.15) is 18.5 Å². The standard InChI is InChI=1S/C16H19N5O/c1-22-15-7-3-2-6-13(15)16-14(12-17)18-19-21(16)11-10-20-8-4-5-9-20/h2-3,6-7H,4-5,8-11H2,1H3. The fourth-order valence-electron chi connectivity index (χ4n) is 2.89. The van der Waals surface area contributed by atoms with Gasteiger partial charge in [0.1, 0.15) is 17.5 Å². The maximum atomic E-state index is 9.32. The second-order valence-corrected chi connectivity index (χ2v) is 5.37. The van der Waals surface area contributed by atoms with Gasteiger partial charge in [-0.1, -0.05) is 17.3 Å². The van der Waals surface area contributed by atoms with Crippen LogP contribution in [0.3, 0.4) is 0 Å². The van der Waals surface area contributed by atoms with Crippen molar-refractivity contribution in [3.63, 3.8) is 0 Å². The van der Waals surface area contributed by atoms with Gasteiger partial charge in [0, 0.05) is 12.1 Å². The maximum absolute atomic E-state index is 9.32. The molecular formula is C16H19N5O. The molecule has 114 valence electrons. The van der Waals surface area contributed by atoms with E-state index in [9.17, 15) is 5.26 Å². The lowest BCUT2D eigenvalue weighted by molar-refractivity contribution is 0.315. The second kappa shape index (κ2) is 6.58. The maximum Gasteiger partial charge on any atom is 0.190 e. The van der Waals surface area contributed by atoms with E-state index >= 15 is 0 Å². The van der Waals surface area contributed by atoms with Crippen molar-refractivity contribution in [2.75, 3.05) is 26.7 Å². The fraction of sp³-hybridized carbons (Fsp3) is 0.438. The molecule has 1 aliphatic rings. The summed E-state index contributed by atoms with van der Waals surface area (Å²) >= 11 is 0. The van der Waals surface area contributed by atoms with E-state index in [2.05, 4.69) is 21.3 Å². The Labute approximate surface area is 129 Å². The van der Waals surface area contributed by atoms with E-state index in [1.54, 1.807) is 7.11 Å². The molecule has 6 nitrogen and oxygen atoms in total. The minimum absolute atomic E-state index is 0.339. The van der Waals surface area contributed by atoms with E-state index in [0.29, 0.717) is 5.69 Å². The summed E-state index contributed by atoms with van der Waals surface area (Å²) in [6.45, 7) is 3.94. The van der Waals surface area contributed by atoms with Crippen LogP contribution in [0, 0.1) is 11.3 Å². The summed E-state index contributed by atoms with van der Waals surface area (Å²) in [6.07, 6.45) is 2.53. The molecule has 3 rings (SSSR count). The van der Waals surface area contributed by atoms with Gasteiger partial charge in [0.2, 0.25) is 0 Å². The van der Waals surface area contributed by atoms with Crippen LogP contribution in [0.2, 0.25) is 0 Å². The number of para-hydroxylation sites is 1. The molecule has 0 unspecified atom stereocenters. The highest BCUT2D eigenvalue weighted by Gasteiger charge is 2.19. The third kappa shape index (κ3) is 2.81. The molecule has 1 saturated heterocycles. The van der Waals surface area contributed by atoms with Gasteiger partial charge in [-0.05, 0) is 38.1 Å². The first kappa shape index (κ1) is 14.5. The molecule has 2 aromatic rings. The van der Waals surface area contributed by atoms with Crippen molar-refractivity contribution in [3.8, 4) is 23.1 Å². The van der Waals surface area contributed by atoms with Crippen molar-refractivity contribution in [1.29, 1.82) is 5.26 Å². The summed E-state index contributed by atoms with van der Waals surface area (Å²) in [7, 11) is 1.63. The van der Waals surface area contributed by atoms with Gasteiger partial charge in [0.05, 0.1) is 13.7 Å². The summed E-state index contributed by atoms with van der Waals surface area (Å²) in [4.78, 5) is 2.42. The predicted molar refractivity (Wildman–Crippen MR) is 82.4 cm³/mol. The number of ether oxygens (including phenoxy) is 1. The fourth-order valence-corrected chi connectivity index (χ4v) is 2.89.